The second-order valence-corrected chi connectivity index (χ2v) is 4.06. The molecule has 1 aromatic rings. The Labute approximate surface area is 111 Å². The zero-order valence-corrected chi connectivity index (χ0v) is 10.4. The number of hydrogen-bond donors (Lipinski definition) is 1. The molecule has 0 saturated carbocycles. The fraction of sp³-hybridized carbons (Fsp3) is 0.333. The van der Waals surface area contributed by atoms with Crippen molar-refractivity contribution < 1.29 is 32.3 Å². The number of carboxylic acid groups (broad SMARTS) is 1. The molecule has 0 aliphatic rings. The molecule has 0 bridgehead atoms. The highest BCUT2D eigenvalue weighted by molar-refractivity contribution is 5.94. The standard InChI is InChI=1S/C12H11F4NO3/c1-17(5-4-10(18)19)11(20)7-2-3-9(13)8(6-7)12(14,15)16/h2-3,6H,4-5H2,1H3,(H,18,19). The van der Waals surface area contributed by atoms with Gasteiger partial charge < -0.3 is 10.0 Å². The number of carboxylic acids is 1. The topological polar surface area (TPSA) is 57.6 Å². The zero-order valence-electron chi connectivity index (χ0n) is 10.4. The van der Waals surface area contributed by atoms with Gasteiger partial charge in [-0.05, 0) is 18.2 Å². The van der Waals surface area contributed by atoms with Gasteiger partial charge in [-0.25, -0.2) is 4.39 Å². The number of hydrogen-bond acceptors (Lipinski definition) is 2. The van der Waals surface area contributed by atoms with E-state index in [9.17, 15) is 27.2 Å². The van der Waals surface area contributed by atoms with Crippen molar-refractivity contribution >= 4 is 11.9 Å². The Bertz CT molecular complexity index is 528. The van der Waals surface area contributed by atoms with Gasteiger partial charge in [-0.1, -0.05) is 0 Å². The van der Waals surface area contributed by atoms with Crippen LogP contribution in [0.2, 0.25) is 0 Å². The van der Waals surface area contributed by atoms with Gasteiger partial charge in [0.1, 0.15) is 5.82 Å². The van der Waals surface area contributed by atoms with E-state index >= 15 is 0 Å². The average Bonchev–Trinajstić information content (AvgIpc) is 2.34. The second-order valence-electron chi connectivity index (χ2n) is 4.06. The molecule has 0 unspecified atom stereocenters. The average molecular weight is 293 g/mol. The van der Waals surface area contributed by atoms with Gasteiger partial charge in [0.05, 0.1) is 12.0 Å². The molecular weight excluding hydrogens is 282 g/mol. The van der Waals surface area contributed by atoms with E-state index in [2.05, 4.69) is 0 Å². The van der Waals surface area contributed by atoms with Crippen molar-refractivity contribution in [2.75, 3.05) is 13.6 Å². The molecule has 0 aliphatic heterocycles. The summed E-state index contributed by atoms with van der Waals surface area (Å²) in [5.41, 5.74) is -1.89. The van der Waals surface area contributed by atoms with Crippen molar-refractivity contribution in [2.24, 2.45) is 0 Å². The lowest BCUT2D eigenvalue weighted by Crippen LogP contribution is -2.29. The van der Waals surface area contributed by atoms with Crippen molar-refractivity contribution in [3.63, 3.8) is 0 Å². The Kier molecular flexibility index (Phi) is 4.69. The Morgan fingerprint density at radius 1 is 1.30 bits per heavy atom. The van der Waals surface area contributed by atoms with Crippen LogP contribution in [0.25, 0.3) is 0 Å². The number of halogens is 4. The van der Waals surface area contributed by atoms with Crippen LogP contribution in [0.1, 0.15) is 22.3 Å². The summed E-state index contributed by atoms with van der Waals surface area (Å²) in [6.07, 6.45) is -5.24. The summed E-state index contributed by atoms with van der Waals surface area (Å²) in [6.45, 7) is -0.160. The predicted octanol–water partition coefficient (Wildman–Crippen LogP) is 2.39. The number of benzene rings is 1. The Morgan fingerprint density at radius 2 is 1.90 bits per heavy atom. The SMILES string of the molecule is CN(CCC(=O)O)C(=O)c1ccc(F)c(C(F)(F)F)c1. The summed E-state index contributed by atoms with van der Waals surface area (Å²) in [4.78, 5) is 23.1. The lowest BCUT2D eigenvalue weighted by Gasteiger charge is -2.17. The lowest BCUT2D eigenvalue weighted by molar-refractivity contribution is -0.140. The van der Waals surface area contributed by atoms with Crippen LogP contribution in [-0.4, -0.2) is 35.5 Å². The first-order chi connectivity index (χ1) is 9.12. The number of alkyl halides is 3. The molecular formula is C12H11F4NO3. The molecule has 1 rings (SSSR count). The zero-order chi connectivity index (χ0) is 15.5. The van der Waals surface area contributed by atoms with Crippen molar-refractivity contribution in [1.82, 2.24) is 4.90 Å². The molecule has 20 heavy (non-hydrogen) atoms. The number of amides is 1. The maximum atomic E-state index is 13.1. The van der Waals surface area contributed by atoms with E-state index in [-0.39, 0.29) is 18.5 Å². The number of rotatable bonds is 4. The Hall–Kier alpha value is -2.12. The molecule has 0 heterocycles. The first-order valence-corrected chi connectivity index (χ1v) is 5.47. The second kappa shape index (κ2) is 5.89. The molecule has 0 spiro atoms. The monoisotopic (exact) mass is 293 g/mol. The Balaban J connectivity index is 2.97. The fourth-order valence-corrected chi connectivity index (χ4v) is 1.46. The molecule has 0 saturated heterocycles. The highest BCUT2D eigenvalue weighted by Gasteiger charge is 2.34. The van der Waals surface area contributed by atoms with Crippen LogP contribution in [0.4, 0.5) is 17.6 Å². The van der Waals surface area contributed by atoms with Crippen LogP contribution in [0.3, 0.4) is 0 Å². The summed E-state index contributed by atoms with van der Waals surface area (Å²) in [6, 6.07) is 1.89. The van der Waals surface area contributed by atoms with E-state index in [1.807, 2.05) is 0 Å². The summed E-state index contributed by atoms with van der Waals surface area (Å²) >= 11 is 0. The molecule has 0 fully saturated rings. The molecule has 0 aromatic heterocycles. The maximum Gasteiger partial charge on any atom is 0.419 e. The third kappa shape index (κ3) is 3.94. The van der Waals surface area contributed by atoms with Crippen molar-refractivity contribution in [1.29, 1.82) is 0 Å². The number of carbonyl (C=O) groups is 2. The molecule has 1 amide bonds. The van der Waals surface area contributed by atoms with Gasteiger partial charge in [-0.15, -0.1) is 0 Å². The normalized spacial score (nSPS) is 11.2. The quantitative estimate of drug-likeness (QED) is 0.867. The summed E-state index contributed by atoms with van der Waals surface area (Å²) in [5.74, 6) is -3.42. The molecule has 1 aromatic carbocycles. The number of nitrogens with zero attached hydrogens (tertiary/aromatic N) is 1. The van der Waals surface area contributed by atoms with E-state index in [4.69, 9.17) is 5.11 Å². The third-order valence-electron chi connectivity index (χ3n) is 2.53. The fourth-order valence-electron chi connectivity index (χ4n) is 1.46. The first kappa shape index (κ1) is 15.9. The van der Waals surface area contributed by atoms with Crippen LogP contribution in [0.15, 0.2) is 18.2 Å². The van der Waals surface area contributed by atoms with Crippen LogP contribution in [0.5, 0.6) is 0 Å². The van der Waals surface area contributed by atoms with E-state index in [1.54, 1.807) is 0 Å². The van der Waals surface area contributed by atoms with Gasteiger partial charge in [0.15, 0.2) is 0 Å². The third-order valence-corrected chi connectivity index (χ3v) is 2.53. The van der Waals surface area contributed by atoms with E-state index in [1.165, 1.54) is 7.05 Å². The summed E-state index contributed by atoms with van der Waals surface area (Å²) in [7, 11) is 1.25. The van der Waals surface area contributed by atoms with Gasteiger partial charge in [-0.3, -0.25) is 9.59 Å². The first-order valence-electron chi connectivity index (χ1n) is 5.47. The minimum absolute atomic E-state index is 0.160. The van der Waals surface area contributed by atoms with Crippen molar-refractivity contribution in [2.45, 2.75) is 12.6 Å². The molecule has 110 valence electrons. The molecule has 4 nitrogen and oxygen atoms in total. The Morgan fingerprint density at radius 3 is 2.40 bits per heavy atom. The lowest BCUT2D eigenvalue weighted by atomic mass is 10.1. The highest BCUT2D eigenvalue weighted by atomic mass is 19.4. The van der Waals surface area contributed by atoms with Gasteiger partial charge in [0.2, 0.25) is 0 Å². The molecule has 0 aliphatic carbocycles. The van der Waals surface area contributed by atoms with Gasteiger partial charge in [0.25, 0.3) is 5.91 Å². The van der Waals surface area contributed by atoms with Crippen LogP contribution in [0, 0.1) is 5.82 Å². The van der Waals surface area contributed by atoms with E-state index in [0.717, 1.165) is 11.0 Å². The van der Waals surface area contributed by atoms with Crippen LogP contribution < -0.4 is 0 Å². The summed E-state index contributed by atoms with van der Waals surface area (Å²) < 4.78 is 50.6. The maximum absolute atomic E-state index is 13.1. The number of aliphatic carboxylic acids is 1. The van der Waals surface area contributed by atoms with Crippen LogP contribution in [-0.2, 0) is 11.0 Å². The van der Waals surface area contributed by atoms with E-state index in [0.29, 0.717) is 12.1 Å². The molecule has 8 heteroatoms. The predicted molar refractivity (Wildman–Crippen MR) is 60.6 cm³/mol. The summed E-state index contributed by atoms with van der Waals surface area (Å²) in [5, 5.41) is 8.47. The number of carbonyl (C=O) groups excluding carboxylic acids is 1. The van der Waals surface area contributed by atoms with Gasteiger partial charge in [0, 0.05) is 19.2 Å². The molecule has 0 atom stereocenters. The minimum atomic E-state index is -4.90. The van der Waals surface area contributed by atoms with Gasteiger partial charge in [-0.2, -0.15) is 13.2 Å². The highest BCUT2D eigenvalue weighted by Crippen LogP contribution is 2.32. The van der Waals surface area contributed by atoms with Crippen LogP contribution >= 0.6 is 0 Å². The van der Waals surface area contributed by atoms with Crippen molar-refractivity contribution in [3.8, 4) is 0 Å². The molecule has 0 radical (unpaired) electrons. The minimum Gasteiger partial charge on any atom is -0.481 e. The van der Waals surface area contributed by atoms with E-state index < -0.39 is 29.4 Å². The van der Waals surface area contributed by atoms with Gasteiger partial charge >= 0.3 is 12.1 Å². The largest absolute Gasteiger partial charge is 0.481 e. The molecule has 1 N–H and O–H groups in total. The smallest absolute Gasteiger partial charge is 0.419 e. The van der Waals surface area contributed by atoms with Crippen molar-refractivity contribution in [3.05, 3.63) is 35.1 Å².